The molecular formula is C17H24N4O2. The molecule has 124 valence electrons. The van der Waals surface area contributed by atoms with Crippen molar-refractivity contribution in [2.24, 2.45) is 0 Å². The zero-order valence-electron chi connectivity index (χ0n) is 13.5. The van der Waals surface area contributed by atoms with Gasteiger partial charge in [0.25, 0.3) is 0 Å². The molecule has 0 radical (unpaired) electrons. The number of nitrogens with zero attached hydrogens (tertiary/aromatic N) is 3. The molecule has 6 heteroatoms. The van der Waals surface area contributed by atoms with Gasteiger partial charge in [-0.3, -0.25) is 9.59 Å². The molecule has 2 aliphatic rings. The molecule has 1 N–H and O–H groups in total. The number of aromatic nitrogens is 2. The second kappa shape index (κ2) is 7.53. The minimum Gasteiger partial charge on any atom is -0.354 e. The molecule has 3 rings (SSSR count). The Hall–Kier alpha value is -1.98. The Morgan fingerprint density at radius 2 is 2.00 bits per heavy atom. The molecule has 0 unspecified atom stereocenters. The summed E-state index contributed by atoms with van der Waals surface area (Å²) in [6.07, 6.45) is 10.4. The predicted molar refractivity (Wildman–Crippen MR) is 85.8 cm³/mol. The summed E-state index contributed by atoms with van der Waals surface area (Å²) < 4.78 is 0. The summed E-state index contributed by atoms with van der Waals surface area (Å²) >= 11 is 0. The average Bonchev–Trinajstić information content (AvgIpc) is 3.39. The van der Waals surface area contributed by atoms with Crippen molar-refractivity contribution in [3.8, 4) is 0 Å². The monoisotopic (exact) mass is 316 g/mol. The summed E-state index contributed by atoms with van der Waals surface area (Å²) in [4.78, 5) is 34.3. The third-order valence-electron chi connectivity index (χ3n) is 4.41. The molecule has 1 saturated heterocycles. The van der Waals surface area contributed by atoms with Crippen molar-refractivity contribution in [1.29, 1.82) is 0 Å². The summed E-state index contributed by atoms with van der Waals surface area (Å²) in [5, 5.41) is 2.88. The molecule has 1 aliphatic heterocycles. The lowest BCUT2D eigenvalue weighted by Gasteiger charge is -2.19. The molecule has 2 amide bonds. The molecule has 1 saturated carbocycles. The van der Waals surface area contributed by atoms with E-state index in [0.717, 1.165) is 30.7 Å². The van der Waals surface area contributed by atoms with Gasteiger partial charge < -0.3 is 10.2 Å². The summed E-state index contributed by atoms with van der Waals surface area (Å²) in [6, 6.07) is 0. The number of carbonyl (C=O) groups excluding carboxylic acids is 2. The first kappa shape index (κ1) is 15.9. The van der Waals surface area contributed by atoms with Crippen LogP contribution < -0.4 is 5.32 Å². The van der Waals surface area contributed by atoms with E-state index in [1.54, 1.807) is 4.90 Å². The summed E-state index contributed by atoms with van der Waals surface area (Å²) in [5.74, 6) is 1.52. The molecule has 2 fully saturated rings. The van der Waals surface area contributed by atoms with Gasteiger partial charge in [-0.15, -0.1) is 0 Å². The topological polar surface area (TPSA) is 75.2 Å². The van der Waals surface area contributed by atoms with Gasteiger partial charge in [0.2, 0.25) is 11.8 Å². The van der Waals surface area contributed by atoms with Crippen LogP contribution in [0.1, 0.15) is 55.8 Å². The van der Waals surface area contributed by atoms with Gasteiger partial charge in [-0.1, -0.05) is 6.42 Å². The van der Waals surface area contributed by atoms with Gasteiger partial charge in [-0.25, -0.2) is 9.97 Å². The predicted octanol–water partition coefficient (Wildman–Crippen LogP) is 1.42. The van der Waals surface area contributed by atoms with Crippen LogP contribution >= 0.6 is 0 Å². The van der Waals surface area contributed by atoms with Gasteiger partial charge in [-0.05, 0) is 37.7 Å². The van der Waals surface area contributed by atoms with Crippen molar-refractivity contribution in [3.05, 3.63) is 23.8 Å². The molecule has 0 spiro atoms. The molecule has 2 heterocycles. The van der Waals surface area contributed by atoms with Crippen LogP contribution in [0.2, 0.25) is 0 Å². The lowest BCUT2D eigenvalue weighted by molar-refractivity contribution is -0.135. The van der Waals surface area contributed by atoms with E-state index in [0.29, 0.717) is 31.8 Å². The van der Waals surface area contributed by atoms with Crippen LogP contribution in [0, 0.1) is 0 Å². The highest BCUT2D eigenvalue weighted by Crippen LogP contribution is 2.37. The smallest absolute Gasteiger partial charge is 0.239 e. The van der Waals surface area contributed by atoms with Crippen molar-refractivity contribution in [3.63, 3.8) is 0 Å². The number of hydrogen-bond donors (Lipinski definition) is 1. The Kier molecular flexibility index (Phi) is 5.20. The number of carbonyl (C=O) groups is 2. The Labute approximate surface area is 136 Å². The molecule has 0 atom stereocenters. The van der Waals surface area contributed by atoms with E-state index in [1.807, 2.05) is 12.4 Å². The maximum Gasteiger partial charge on any atom is 0.239 e. The maximum absolute atomic E-state index is 12.0. The molecule has 1 aromatic heterocycles. The fourth-order valence-corrected chi connectivity index (χ4v) is 2.83. The van der Waals surface area contributed by atoms with Crippen LogP contribution in [-0.2, 0) is 16.0 Å². The third-order valence-corrected chi connectivity index (χ3v) is 4.41. The van der Waals surface area contributed by atoms with Crippen LogP contribution in [0.5, 0.6) is 0 Å². The second-order valence-electron chi connectivity index (χ2n) is 6.45. The van der Waals surface area contributed by atoms with Crippen LogP contribution in [0.4, 0.5) is 0 Å². The van der Waals surface area contributed by atoms with E-state index >= 15 is 0 Å². The van der Waals surface area contributed by atoms with Crippen molar-refractivity contribution < 1.29 is 9.59 Å². The minimum absolute atomic E-state index is 0.0873. The Bertz CT molecular complexity index is 554. The molecule has 1 aromatic rings. The lowest BCUT2D eigenvalue weighted by atomic mass is 10.2. The van der Waals surface area contributed by atoms with Gasteiger partial charge in [0.05, 0.1) is 6.54 Å². The number of hydrogen-bond acceptors (Lipinski definition) is 4. The van der Waals surface area contributed by atoms with Crippen LogP contribution in [0.15, 0.2) is 12.4 Å². The Balaban J connectivity index is 1.39. The van der Waals surface area contributed by atoms with Crippen LogP contribution in [0.25, 0.3) is 0 Å². The largest absolute Gasteiger partial charge is 0.354 e. The van der Waals surface area contributed by atoms with Crippen molar-refractivity contribution in [2.75, 3.05) is 19.6 Å². The number of rotatable bonds is 6. The van der Waals surface area contributed by atoms with E-state index in [9.17, 15) is 9.59 Å². The number of likely N-dealkylation sites (tertiary alicyclic amines) is 1. The van der Waals surface area contributed by atoms with Crippen LogP contribution in [-0.4, -0.2) is 46.3 Å². The first-order valence-electron chi connectivity index (χ1n) is 8.57. The average molecular weight is 316 g/mol. The Morgan fingerprint density at radius 1 is 1.22 bits per heavy atom. The zero-order valence-corrected chi connectivity index (χ0v) is 13.5. The fourth-order valence-electron chi connectivity index (χ4n) is 2.83. The highest BCUT2D eigenvalue weighted by Gasteiger charge is 2.26. The SMILES string of the molecule is O=C(CN1CCCCCC1=O)NCCc1cnc(C2CC2)nc1. The van der Waals surface area contributed by atoms with Gasteiger partial charge in [0.15, 0.2) is 0 Å². The van der Waals surface area contributed by atoms with E-state index in [4.69, 9.17) is 0 Å². The molecule has 23 heavy (non-hydrogen) atoms. The first-order valence-corrected chi connectivity index (χ1v) is 8.57. The first-order chi connectivity index (χ1) is 11.2. The number of nitrogens with one attached hydrogen (secondary N) is 1. The minimum atomic E-state index is -0.0873. The molecule has 0 aromatic carbocycles. The Morgan fingerprint density at radius 3 is 2.74 bits per heavy atom. The van der Waals surface area contributed by atoms with Gasteiger partial charge in [0, 0.05) is 37.8 Å². The van der Waals surface area contributed by atoms with Gasteiger partial charge in [-0.2, -0.15) is 0 Å². The van der Waals surface area contributed by atoms with Crippen LogP contribution in [0.3, 0.4) is 0 Å². The molecular weight excluding hydrogens is 292 g/mol. The molecule has 6 nitrogen and oxygen atoms in total. The normalized spacial score (nSPS) is 18.6. The lowest BCUT2D eigenvalue weighted by Crippen LogP contribution is -2.41. The van der Waals surface area contributed by atoms with Crippen molar-refractivity contribution in [2.45, 2.75) is 50.9 Å². The maximum atomic E-state index is 12.0. The standard InChI is InChI=1S/C17H24N4O2/c22-15(12-21-9-3-1-2-4-16(21)23)18-8-7-13-10-19-17(20-11-13)14-5-6-14/h10-11,14H,1-9,12H2,(H,18,22). The van der Waals surface area contributed by atoms with Gasteiger partial charge in [0.1, 0.15) is 5.82 Å². The van der Waals surface area contributed by atoms with E-state index in [1.165, 1.54) is 12.8 Å². The summed E-state index contributed by atoms with van der Waals surface area (Å²) in [5.41, 5.74) is 1.03. The van der Waals surface area contributed by atoms with E-state index < -0.39 is 0 Å². The third kappa shape index (κ3) is 4.74. The molecule has 1 aliphatic carbocycles. The fraction of sp³-hybridized carbons (Fsp3) is 0.647. The van der Waals surface area contributed by atoms with E-state index in [-0.39, 0.29) is 18.4 Å². The van der Waals surface area contributed by atoms with Gasteiger partial charge >= 0.3 is 0 Å². The van der Waals surface area contributed by atoms with Crippen molar-refractivity contribution in [1.82, 2.24) is 20.2 Å². The van der Waals surface area contributed by atoms with E-state index in [2.05, 4.69) is 15.3 Å². The summed E-state index contributed by atoms with van der Waals surface area (Å²) in [7, 11) is 0. The highest BCUT2D eigenvalue weighted by atomic mass is 16.2. The highest BCUT2D eigenvalue weighted by molar-refractivity contribution is 5.84. The summed E-state index contributed by atoms with van der Waals surface area (Å²) in [6.45, 7) is 1.42. The second-order valence-corrected chi connectivity index (χ2v) is 6.45. The number of amides is 2. The van der Waals surface area contributed by atoms with Crippen molar-refractivity contribution >= 4 is 11.8 Å². The molecule has 0 bridgehead atoms. The quantitative estimate of drug-likeness (QED) is 0.861. The zero-order chi connectivity index (χ0) is 16.1.